The van der Waals surface area contributed by atoms with Crippen molar-refractivity contribution in [3.63, 3.8) is 0 Å². The van der Waals surface area contributed by atoms with Crippen LogP contribution in [0.3, 0.4) is 0 Å². The van der Waals surface area contributed by atoms with Crippen molar-refractivity contribution in [3.8, 4) is 0 Å². The molecular weight excluding hydrogens is 278 g/mol. The smallest absolute Gasteiger partial charge is 0.287 e. The van der Waals surface area contributed by atoms with Gasteiger partial charge in [0, 0.05) is 13.1 Å². The molecule has 1 heterocycles. The van der Waals surface area contributed by atoms with Crippen LogP contribution in [0.15, 0.2) is 23.6 Å². The van der Waals surface area contributed by atoms with Gasteiger partial charge in [-0.1, -0.05) is 31.5 Å². The molecule has 0 aliphatic heterocycles. The molecule has 0 saturated carbocycles. The fraction of sp³-hybridized carbons (Fsp3) is 0.571. The Labute approximate surface area is 124 Å². The van der Waals surface area contributed by atoms with Crippen molar-refractivity contribution >= 4 is 17.3 Å². The highest BCUT2D eigenvalue weighted by molar-refractivity contribution is 6.32. The first-order valence-corrected chi connectivity index (χ1v) is 7.12. The van der Waals surface area contributed by atoms with Gasteiger partial charge in [-0.2, -0.15) is 5.10 Å². The van der Waals surface area contributed by atoms with Gasteiger partial charge in [0.05, 0.1) is 25.1 Å². The molecule has 20 heavy (non-hydrogen) atoms. The van der Waals surface area contributed by atoms with Crippen LogP contribution in [-0.2, 0) is 11.3 Å². The third-order valence-electron chi connectivity index (χ3n) is 2.55. The van der Waals surface area contributed by atoms with Gasteiger partial charge in [-0.3, -0.25) is 4.79 Å². The van der Waals surface area contributed by atoms with Gasteiger partial charge in [0.15, 0.2) is 0 Å². The van der Waals surface area contributed by atoms with Gasteiger partial charge in [-0.05, 0) is 12.3 Å². The number of hydrogen-bond acceptors (Lipinski definition) is 4. The number of rotatable bonds is 9. The third kappa shape index (κ3) is 5.35. The zero-order valence-electron chi connectivity index (χ0n) is 12.1. The van der Waals surface area contributed by atoms with Crippen molar-refractivity contribution in [2.45, 2.75) is 26.8 Å². The van der Waals surface area contributed by atoms with E-state index in [9.17, 15) is 4.79 Å². The monoisotopic (exact) mass is 299 g/mol. The van der Waals surface area contributed by atoms with E-state index in [1.54, 1.807) is 6.20 Å². The van der Waals surface area contributed by atoms with Gasteiger partial charge in [-0.25, -0.2) is 4.68 Å². The lowest BCUT2D eigenvalue weighted by atomic mass is 10.2. The Morgan fingerprint density at radius 2 is 2.30 bits per heavy atom. The first-order valence-electron chi connectivity index (χ1n) is 6.74. The number of anilines is 1. The fourth-order valence-corrected chi connectivity index (χ4v) is 1.80. The Morgan fingerprint density at radius 1 is 1.55 bits per heavy atom. The summed E-state index contributed by atoms with van der Waals surface area (Å²) in [6.45, 7) is 9.98. The molecule has 0 aliphatic rings. The van der Waals surface area contributed by atoms with E-state index >= 15 is 0 Å². The lowest BCUT2D eigenvalue weighted by molar-refractivity contribution is 0.149. The lowest BCUT2D eigenvalue weighted by Crippen LogP contribution is -2.26. The Bertz CT molecular complexity index is 486. The van der Waals surface area contributed by atoms with E-state index in [1.807, 2.05) is 19.9 Å². The number of ether oxygens (including phenoxy) is 1. The van der Waals surface area contributed by atoms with E-state index in [2.05, 4.69) is 17.0 Å². The first kappa shape index (κ1) is 16.7. The minimum absolute atomic E-state index is 0.173. The summed E-state index contributed by atoms with van der Waals surface area (Å²) < 4.78 is 6.75. The van der Waals surface area contributed by atoms with Crippen LogP contribution in [-0.4, -0.2) is 29.5 Å². The zero-order valence-corrected chi connectivity index (χ0v) is 12.8. The molecule has 0 bridgehead atoms. The first-order chi connectivity index (χ1) is 9.56. The number of aromatic nitrogens is 2. The van der Waals surface area contributed by atoms with Gasteiger partial charge < -0.3 is 10.1 Å². The topological polar surface area (TPSA) is 56.1 Å². The van der Waals surface area contributed by atoms with Crippen molar-refractivity contribution in [1.29, 1.82) is 0 Å². The Balaban J connectivity index is 2.53. The van der Waals surface area contributed by atoms with E-state index in [4.69, 9.17) is 16.3 Å². The fourth-order valence-electron chi connectivity index (χ4n) is 1.59. The highest BCUT2D eigenvalue weighted by Crippen LogP contribution is 2.15. The average molecular weight is 300 g/mol. The zero-order chi connectivity index (χ0) is 15.0. The molecule has 0 unspecified atom stereocenters. The standard InChI is InChI=1S/C14H22ClN3O2/c1-4-5-7-20-8-6-16-12-9-17-18(10-11(2)3)14(19)13(12)15/h4,9,11,16H,1,5-8,10H2,2-3H3. The summed E-state index contributed by atoms with van der Waals surface area (Å²) >= 11 is 6.05. The maximum Gasteiger partial charge on any atom is 0.287 e. The predicted octanol–water partition coefficient (Wildman–Crippen LogP) is 2.56. The van der Waals surface area contributed by atoms with E-state index in [0.717, 1.165) is 6.42 Å². The molecule has 0 aliphatic carbocycles. The largest absolute Gasteiger partial charge is 0.380 e. The minimum atomic E-state index is -0.266. The molecule has 1 aromatic rings. The van der Waals surface area contributed by atoms with Crippen molar-refractivity contribution in [2.24, 2.45) is 5.92 Å². The number of nitrogens with zero attached hydrogens (tertiary/aromatic N) is 2. The second-order valence-electron chi connectivity index (χ2n) is 4.87. The minimum Gasteiger partial charge on any atom is -0.380 e. The molecule has 0 atom stereocenters. The Kier molecular flexibility index (Phi) is 7.33. The SMILES string of the molecule is C=CCCOCCNc1cnn(CC(C)C)c(=O)c1Cl. The molecule has 5 nitrogen and oxygen atoms in total. The highest BCUT2D eigenvalue weighted by Gasteiger charge is 2.09. The van der Waals surface area contributed by atoms with E-state index in [1.165, 1.54) is 4.68 Å². The van der Waals surface area contributed by atoms with Crippen LogP contribution in [0.1, 0.15) is 20.3 Å². The van der Waals surface area contributed by atoms with E-state index in [-0.39, 0.29) is 10.6 Å². The van der Waals surface area contributed by atoms with Crippen LogP contribution in [0.2, 0.25) is 5.02 Å². The lowest BCUT2D eigenvalue weighted by Gasteiger charge is -2.11. The van der Waals surface area contributed by atoms with Gasteiger partial charge in [0.2, 0.25) is 0 Å². The van der Waals surface area contributed by atoms with Crippen LogP contribution in [0.4, 0.5) is 5.69 Å². The Hall–Kier alpha value is -1.33. The van der Waals surface area contributed by atoms with Crippen molar-refractivity contribution in [2.75, 3.05) is 25.1 Å². The van der Waals surface area contributed by atoms with E-state index < -0.39 is 0 Å². The summed E-state index contributed by atoms with van der Waals surface area (Å²) in [7, 11) is 0. The Morgan fingerprint density at radius 3 is 2.95 bits per heavy atom. The second-order valence-corrected chi connectivity index (χ2v) is 5.25. The van der Waals surface area contributed by atoms with Crippen molar-refractivity contribution < 1.29 is 4.74 Å². The van der Waals surface area contributed by atoms with E-state index in [0.29, 0.717) is 37.9 Å². The van der Waals surface area contributed by atoms with Gasteiger partial charge in [-0.15, -0.1) is 6.58 Å². The molecule has 0 radical (unpaired) electrons. The summed E-state index contributed by atoms with van der Waals surface area (Å²) in [5, 5.41) is 7.34. The normalized spacial score (nSPS) is 10.8. The molecule has 0 fully saturated rings. The molecule has 1 rings (SSSR count). The summed E-state index contributed by atoms with van der Waals surface area (Å²) in [5.74, 6) is 0.341. The van der Waals surface area contributed by atoms with Crippen LogP contribution in [0, 0.1) is 5.92 Å². The van der Waals surface area contributed by atoms with Crippen LogP contribution < -0.4 is 10.9 Å². The summed E-state index contributed by atoms with van der Waals surface area (Å²) in [6, 6.07) is 0. The summed E-state index contributed by atoms with van der Waals surface area (Å²) in [5.41, 5.74) is 0.280. The maximum atomic E-state index is 12.0. The van der Waals surface area contributed by atoms with Crippen LogP contribution in [0.5, 0.6) is 0 Å². The molecule has 6 heteroatoms. The predicted molar refractivity (Wildman–Crippen MR) is 82.5 cm³/mol. The van der Waals surface area contributed by atoms with Crippen molar-refractivity contribution in [3.05, 3.63) is 34.2 Å². The highest BCUT2D eigenvalue weighted by atomic mass is 35.5. The molecule has 1 N–H and O–H groups in total. The van der Waals surface area contributed by atoms with Gasteiger partial charge in [0.1, 0.15) is 5.02 Å². The number of hydrogen-bond donors (Lipinski definition) is 1. The van der Waals surface area contributed by atoms with Crippen LogP contribution in [0.25, 0.3) is 0 Å². The average Bonchev–Trinajstić information content (AvgIpc) is 2.41. The summed E-state index contributed by atoms with van der Waals surface area (Å²) in [4.78, 5) is 12.0. The quantitative estimate of drug-likeness (QED) is 0.562. The third-order valence-corrected chi connectivity index (χ3v) is 2.92. The molecule has 0 saturated heterocycles. The maximum absolute atomic E-state index is 12.0. The molecular formula is C14H22ClN3O2. The molecule has 1 aromatic heterocycles. The van der Waals surface area contributed by atoms with Gasteiger partial charge in [0.25, 0.3) is 5.56 Å². The van der Waals surface area contributed by atoms with Gasteiger partial charge >= 0.3 is 0 Å². The van der Waals surface area contributed by atoms with Crippen LogP contribution >= 0.6 is 11.6 Å². The summed E-state index contributed by atoms with van der Waals surface area (Å²) in [6.07, 6.45) is 4.21. The molecule has 0 spiro atoms. The molecule has 112 valence electrons. The molecule has 0 amide bonds. The number of nitrogens with one attached hydrogen (secondary N) is 1. The van der Waals surface area contributed by atoms with Crippen molar-refractivity contribution in [1.82, 2.24) is 9.78 Å². The second kappa shape index (κ2) is 8.76. The molecule has 0 aromatic carbocycles. The number of halogens is 1.